The molecule has 4 heteroatoms. The molecule has 0 aromatic heterocycles. The van der Waals surface area contributed by atoms with Gasteiger partial charge in [0.2, 0.25) is 0 Å². The van der Waals surface area contributed by atoms with Gasteiger partial charge < -0.3 is 17.2 Å². The number of rotatable bonds is 2. The van der Waals surface area contributed by atoms with Crippen molar-refractivity contribution in [2.75, 3.05) is 12.0 Å². The highest BCUT2D eigenvalue weighted by molar-refractivity contribution is 7.98. The van der Waals surface area contributed by atoms with Gasteiger partial charge >= 0.3 is 0 Å². The van der Waals surface area contributed by atoms with Crippen LogP contribution in [0.15, 0.2) is 0 Å². The lowest BCUT2D eigenvalue weighted by Crippen LogP contribution is -2.60. The fourth-order valence-corrected chi connectivity index (χ4v) is 0.750. The summed E-state index contributed by atoms with van der Waals surface area (Å²) in [6.45, 7) is 0. The maximum atomic E-state index is 5.18. The highest BCUT2D eigenvalue weighted by atomic mass is 32.2. The average Bonchev–Trinajstić information content (AvgIpc) is 1.30. The Labute approximate surface area is 47.6 Å². The van der Waals surface area contributed by atoms with E-state index in [4.69, 9.17) is 17.2 Å². The summed E-state index contributed by atoms with van der Waals surface area (Å²) in [7, 11) is 0. The predicted octanol–water partition coefficient (Wildman–Crippen LogP) is -1.12. The fourth-order valence-electron chi connectivity index (χ4n) is 0.250. The van der Waals surface area contributed by atoms with Crippen molar-refractivity contribution in [1.82, 2.24) is 0 Å². The molecule has 7 heavy (non-hydrogen) atoms. The Bertz CT molecular complexity index is 48.6. The highest BCUT2D eigenvalue weighted by Crippen LogP contribution is 1.93. The molecule has 0 spiro atoms. The molecule has 0 rings (SSSR count). The van der Waals surface area contributed by atoms with Crippen LogP contribution < -0.4 is 17.2 Å². The van der Waals surface area contributed by atoms with E-state index >= 15 is 0 Å². The predicted molar refractivity (Wildman–Crippen MR) is 33.7 cm³/mol. The van der Waals surface area contributed by atoms with Gasteiger partial charge in [0.15, 0.2) is 0 Å². The molecule has 0 aliphatic carbocycles. The van der Waals surface area contributed by atoms with Crippen molar-refractivity contribution >= 4 is 11.8 Å². The molecule has 0 saturated carbocycles. The first-order valence-electron chi connectivity index (χ1n) is 1.92. The van der Waals surface area contributed by atoms with Gasteiger partial charge in [-0.3, -0.25) is 0 Å². The summed E-state index contributed by atoms with van der Waals surface area (Å²) in [5.41, 5.74) is 15.5. The molecule has 44 valence electrons. The van der Waals surface area contributed by atoms with Gasteiger partial charge in [-0.15, -0.1) is 0 Å². The molecule has 6 N–H and O–H groups in total. The first-order chi connectivity index (χ1) is 3.06. The lowest BCUT2D eigenvalue weighted by molar-refractivity contribution is 0.525. The van der Waals surface area contributed by atoms with Gasteiger partial charge in [-0.25, -0.2) is 0 Å². The highest BCUT2D eigenvalue weighted by Gasteiger charge is 2.07. The van der Waals surface area contributed by atoms with Gasteiger partial charge in [0, 0.05) is 5.75 Å². The first-order valence-corrected chi connectivity index (χ1v) is 3.31. The fraction of sp³-hybridized carbons (Fsp3) is 1.00. The van der Waals surface area contributed by atoms with E-state index in [9.17, 15) is 0 Å². The molecule has 0 radical (unpaired) electrons. The Morgan fingerprint density at radius 2 is 1.86 bits per heavy atom. The second kappa shape index (κ2) is 2.52. The topological polar surface area (TPSA) is 78.1 Å². The normalized spacial score (nSPS) is 12.0. The third-order valence-corrected chi connectivity index (χ3v) is 1.18. The minimum absolute atomic E-state index is 0.590. The summed E-state index contributed by atoms with van der Waals surface area (Å²) in [5, 5.41) is 0. The largest absolute Gasteiger partial charge is 0.301 e. The van der Waals surface area contributed by atoms with Crippen molar-refractivity contribution in [3.8, 4) is 0 Å². The molecule has 0 atom stereocenters. The van der Waals surface area contributed by atoms with Crippen LogP contribution in [0.25, 0.3) is 0 Å². The summed E-state index contributed by atoms with van der Waals surface area (Å²) >= 11 is 1.53. The summed E-state index contributed by atoms with van der Waals surface area (Å²) < 4.78 is 0. The Hall–Kier alpha value is 0.230. The van der Waals surface area contributed by atoms with Crippen LogP contribution in [0, 0.1) is 0 Å². The average molecular weight is 121 g/mol. The van der Waals surface area contributed by atoms with Crippen molar-refractivity contribution in [3.05, 3.63) is 0 Å². The van der Waals surface area contributed by atoms with Crippen molar-refractivity contribution in [1.29, 1.82) is 0 Å². The van der Waals surface area contributed by atoms with Crippen molar-refractivity contribution in [3.63, 3.8) is 0 Å². The lowest BCUT2D eigenvalue weighted by atomic mass is 10.5. The van der Waals surface area contributed by atoms with E-state index in [-0.39, 0.29) is 0 Å². The third kappa shape index (κ3) is 6.23. The van der Waals surface area contributed by atoms with Gasteiger partial charge in [0.25, 0.3) is 0 Å². The summed E-state index contributed by atoms with van der Waals surface area (Å²) in [6, 6.07) is 0. The van der Waals surface area contributed by atoms with Gasteiger partial charge in [0.1, 0.15) is 5.79 Å². The molecule has 0 bridgehead atoms. The maximum Gasteiger partial charge on any atom is 0.125 e. The van der Waals surface area contributed by atoms with Gasteiger partial charge in [-0.1, -0.05) is 0 Å². The van der Waals surface area contributed by atoms with Crippen LogP contribution >= 0.6 is 11.8 Å². The van der Waals surface area contributed by atoms with Crippen molar-refractivity contribution < 1.29 is 0 Å². The molecule has 0 aromatic rings. The molecular formula is C3H11N3S. The minimum atomic E-state index is -0.987. The van der Waals surface area contributed by atoms with Crippen molar-refractivity contribution in [2.24, 2.45) is 17.2 Å². The molecule has 0 aliphatic rings. The van der Waals surface area contributed by atoms with Crippen LogP contribution in [-0.2, 0) is 0 Å². The SMILES string of the molecule is CSCC(N)(N)N. The third-order valence-electron chi connectivity index (χ3n) is 0.394. The second-order valence-corrected chi connectivity index (χ2v) is 2.41. The van der Waals surface area contributed by atoms with Gasteiger partial charge in [0.05, 0.1) is 0 Å². The van der Waals surface area contributed by atoms with E-state index in [0.29, 0.717) is 5.75 Å². The van der Waals surface area contributed by atoms with E-state index in [1.165, 1.54) is 11.8 Å². The van der Waals surface area contributed by atoms with Crippen LogP contribution in [0.3, 0.4) is 0 Å². The standard InChI is InChI=1S/C3H11N3S/c1-7-2-3(4,5)6/h2,4-6H2,1H3. The maximum absolute atomic E-state index is 5.18. The van der Waals surface area contributed by atoms with E-state index in [2.05, 4.69) is 0 Å². The Balaban J connectivity index is 3.15. The molecule has 3 nitrogen and oxygen atoms in total. The van der Waals surface area contributed by atoms with Crippen LogP contribution in [0.1, 0.15) is 0 Å². The van der Waals surface area contributed by atoms with E-state index in [1.807, 2.05) is 6.26 Å². The number of thioether (sulfide) groups is 1. The van der Waals surface area contributed by atoms with E-state index < -0.39 is 5.79 Å². The van der Waals surface area contributed by atoms with Gasteiger partial charge in [-0.05, 0) is 6.26 Å². The Kier molecular flexibility index (Phi) is 2.60. The van der Waals surface area contributed by atoms with Gasteiger partial charge in [-0.2, -0.15) is 11.8 Å². The zero-order valence-electron chi connectivity index (χ0n) is 4.35. The molecular weight excluding hydrogens is 110 g/mol. The monoisotopic (exact) mass is 121 g/mol. The summed E-state index contributed by atoms with van der Waals surface area (Å²) in [4.78, 5) is 0. The molecule has 0 heterocycles. The summed E-state index contributed by atoms with van der Waals surface area (Å²) in [5.74, 6) is -0.396. The molecule has 0 aromatic carbocycles. The first kappa shape index (κ1) is 7.23. The number of nitrogens with two attached hydrogens (primary N) is 3. The van der Waals surface area contributed by atoms with Crippen LogP contribution in [0.2, 0.25) is 0 Å². The van der Waals surface area contributed by atoms with Crippen LogP contribution in [0.5, 0.6) is 0 Å². The molecule has 0 amide bonds. The second-order valence-electron chi connectivity index (χ2n) is 1.55. The Morgan fingerprint density at radius 3 is 1.86 bits per heavy atom. The van der Waals surface area contributed by atoms with Crippen LogP contribution in [0.4, 0.5) is 0 Å². The van der Waals surface area contributed by atoms with E-state index in [0.717, 1.165) is 0 Å². The number of hydrogen-bond donors (Lipinski definition) is 3. The smallest absolute Gasteiger partial charge is 0.125 e. The lowest BCUT2D eigenvalue weighted by Gasteiger charge is -2.15. The minimum Gasteiger partial charge on any atom is -0.301 e. The zero-order valence-corrected chi connectivity index (χ0v) is 5.16. The van der Waals surface area contributed by atoms with Crippen LogP contribution in [-0.4, -0.2) is 17.8 Å². The number of hydrogen-bond acceptors (Lipinski definition) is 4. The molecule has 0 saturated heterocycles. The summed E-state index contributed by atoms with van der Waals surface area (Å²) in [6.07, 6.45) is 1.90. The Morgan fingerprint density at radius 1 is 1.43 bits per heavy atom. The molecule has 0 aliphatic heterocycles. The van der Waals surface area contributed by atoms with Crippen molar-refractivity contribution in [2.45, 2.75) is 5.79 Å². The zero-order chi connectivity index (χ0) is 5.91. The molecule has 0 fully saturated rings. The molecule has 0 unspecified atom stereocenters. The van der Waals surface area contributed by atoms with E-state index in [1.54, 1.807) is 0 Å². The quantitative estimate of drug-likeness (QED) is 0.404.